The summed E-state index contributed by atoms with van der Waals surface area (Å²) in [5.41, 5.74) is 1.10. The molecule has 0 atom stereocenters. The van der Waals surface area contributed by atoms with E-state index < -0.39 is 0 Å². The first kappa shape index (κ1) is 9.13. The van der Waals surface area contributed by atoms with E-state index in [-0.39, 0.29) is 11.7 Å². The van der Waals surface area contributed by atoms with Crippen molar-refractivity contribution in [1.29, 1.82) is 5.26 Å². The molecule has 0 amide bonds. The van der Waals surface area contributed by atoms with Gasteiger partial charge in [-0.1, -0.05) is 6.07 Å². The molecule has 0 aliphatic heterocycles. The largest absolute Gasteiger partial charge is 0.392 e. The molecule has 0 unspecified atom stereocenters. The second kappa shape index (κ2) is 3.37. The van der Waals surface area contributed by atoms with E-state index in [0.29, 0.717) is 21.2 Å². The summed E-state index contributed by atoms with van der Waals surface area (Å²) in [5, 5.41) is 18.1. The minimum Gasteiger partial charge on any atom is -0.392 e. The van der Waals surface area contributed by atoms with Gasteiger partial charge < -0.3 is 5.11 Å². The molecule has 1 N–H and O–H groups in total. The van der Waals surface area contributed by atoms with Crippen molar-refractivity contribution in [3.63, 3.8) is 0 Å². The van der Waals surface area contributed by atoms with Crippen LogP contribution in [0, 0.1) is 16.5 Å². The predicted molar refractivity (Wildman–Crippen MR) is 52.4 cm³/mol. The Morgan fingerprint density at radius 3 is 2.93 bits per heavy atom. The average Bonchev–Trinajstić information content (AvgIpc) is 2.57. The van der Waals surface area contributed by atoms with Crippen LogP contribution in [0.3, 0.4) is 0 Å². The van der Waals surface area contributed by atoms with Crippen molar-refractivity contribution in [2.75, 3.05) is 0 Å². The standard InChI is InChI=1S/C10H6FNOS/c11-9-3-8-7(5-13)2-1-6(4-12)10(8)14-9/h1-3,13H,5H2. The third-order valence-corrected chi connectivity index (χ3v) is 2.99. The van der Waals surface area contributed by atoms with Crippen LogP contribution in [0.4, 0.5) is 4.39 Å². The van der Waals surface area contributed by atoms with Crippen molar-refractivity contribution in [2.45, 2.75) is 6.61 Å². The average molecular weight is 207 g/mol. The fourth-order valence-corrected chi connectivity index (χ4v) is 2.27. The van der Waals surface area contributed by atoms with Gasteiger partial charge in [0.2, 0.25) is 0 Å². The molecule has 2 rings (SSSR count). The van der Waals surface area contributed by atoms with Gasteiger partial charge in [0.25, 0.3) is 0 Å². The third-order valence-electron chi connectivity index (χ3n) is 2.03. The van der Waals surface area contributed by atoms with E-state index in [1.54, 1.807) is 12.1 Å². The van der Waals surface area contributed by atoms with E-state index in [1.807, 2.05) is 6.07 Å². The fourth-order valence-electron chi connectivity index (χ4n) is 1.37. The number of aliphatic hydroxyl groups excluding tert-OH is 1. The van der Waals surface area contributed by atoms with Crippen molar-refractivity contribution in [3.05, 3.63) is 34.5 Å². The summed E-state index contributed by atoms with van der Waals surface area (Å²) in [5.74, 6) is 0. The van der Waals surface area contributed by atoms with Crippen LogP contribution in [-0.4, -0.2) is 5.11 Å². The smallest absolute Gasteiger partial charge is 0.177 e. The van der Waals surface area contributed by atoms with Crippen LogP contribution in [0.2, 0.25) is 0 Å². The Hall–Kier alpha value is -1.44. The molecule has 0 saturated carbocycles. The first-order valence-electron chi connectivity index (χ1n) is 3.98. The van der Waals surface area contributed by atoms with Gasteiger partial charge in [-0.3, -0.25) is 0 Å². The van der Waals surface area contributed by atoms with Gasteiger partial charge in [-0.05, 0) is 17.7 Å². The molecule has 1 heterocycles. The number of halogens is 1. The Morgan fingerprint density at radius 2 is 2.29 bits per heavy atom. The molecule has 0 aliphatic carbocycles. The molecule has 14 heavy (non-hydrogen) atoms. The van der Waals surface area contributed by atoms with Gasteiger partial charge in [-0.15, -0.1) is 11.3 Å². The summed E-state index contributed by atoms with van der Waals surface area (Å²) >= 11 is 0.933. The summed E-state index contributed by atoms with van der Waals surface area (Å²) < 4.78 is 13.6. The van der Waals surface area contributed by atoms with Crippen molar-refractivity contribution >= 4 is 21.4 Å². The van der Waals surface area contributed by atoms with Gasteiger partial charge in [0, 0.05) is 5.39 Å². The second-order valence-corrected chi connectivity index (χ2v) is 3.84. The summed E-state index contributed by atoms with van der Waals surface area (Å²) in [6, 6.07) is 6.60. The highest BCUT2D eigenvalue weighted by Gasteiger charge is 2.09. The fraction of sp³-hybridized carbons (Fsp3) is 0.100. The Morgan fingerprint density at radius 1 is 1.50 bits per heavy atom. The quantitative estimate of drug-likeness (QED) is 0.780. The van der Waals surface area contributed by atoms with E-state index in [0.717, 1.165) is 11.3 Å². The highest BCUT2D eigenvalue weighted by atomic mass is 32.1. The number of thiophene rings is 1. The van der Waals surface area contributed by atoms with Gasteiger partial charge in [-0.25, -0.2) is 0 Å². The van der Waals surface area contributed by atoms with E-state index in [2.05, 4.69) is 0 Å². The number of nitrogens with zero attached hydrogens (tertiary/aromatic N) is 1. The molecule has 4 heteroatoms. The van der Waals surface area contributed by atoms with Gasteiger partial charge in [0.05, 0.1) is 16.9 Å². The van der Waals surface area contributed by atoms with Crippen molar-refractivity contribution in [3.8, 4) is 6.07 Å². The normalized spacial score (nSPS) is 10.4. The van der Waals surface area contributed by atoms with E-state index in [4.69, 9.17) is 10.4 Å². The SMILES string of the molecule is N#Cc1ccc(CO)c2cc(F)sc12. The molecule has 0 spiro atoms. The Labute approximate surface area is 83.8 Å². The zero-order valence-corrected chi connectivity index (χ0v) is 7.94. The highest BCUT2D eigenvalue weighted by Crippen LogP contribution is 2.30. The van der Waals surface area contributed by atoms with Crippen molar-refractivity contribution < 1.29 is 9.50 Å². The summed E-state index contributed by atoms with van der Waals surface area (Å²) in [6.07, 6.45) is 0. The Bertz CT molecular complexity index is 527. The maximum atomic E-state index is 13.0. The van der Waals surface area contributed by atoms with Crippen LogP contribution < -0.4 is 0 Å². The van der Waals surface area contributed by atoms with E-state index >= 15 is 0 Å². The first-order chi connectivity index (χ1) is 6.76. The van der Waals surface area contributed by atoms with E-state index in [9.17, 15) is 4.39 Å². The molecule has 0 saturated heterocycles. The Balaban J connectivity index is 2.86. The van der Waals surface area contributed by atoms with Gasteiger partial charge in [-0.2, -0.15) is 9.65 Å². The van der Waals surface area contributed by atoms with Crippen LogP contribution >= 0.6 is 11.3 Å². The minimum atomic E-state index is -0.336. The molecular formula is C10H6FNOS. The van der Waals surface area contributed by atoms with Crippen molar-refractivity contribution in [2.24, 2.45) is 0 Å². The van der Waals surface area contributed by atoms with E-state index in [1.165, 1.54) is 6.07 Å². The number of hydrogen-bond acceptors (Lipinski definition) is 3. The second-order valence-electron chi connectivity index (χ2n) is 2.84. The minimum absolute atomic E-state index is 0.140. The van der Waals surface area contributed by atoms with Crippen LogP contribution in [0.25, 0.3) is 10.1 Å². The molecule has 0 aliphatic rings. The lowest BCUT2D eigenvalue weighted by atomic mass is 10.1. The lowest BCUT2D eigenvalue weighted by molar-refractivity contribution is 0.283. The van der Waals surface area contributed by atoms with Gasteiger partial charge in [0.1, 0.15) is 6.07 Å². The predicted octanol–water partition coefficient (Wildman–Crippen LogP) is 2.40. The zero-order valence-electron chi connectivity index (χ0n) is 7.12. The molecule has 1 aromatic carbocycles. The number of aliphatic hydroxyl groups is 1. The van der Waals surface area contributed by atoms with Crippen LogP contribution in [0.15, 0.2) is 18.2 Å². The summed E-state index contributed by atoms with van der Waals surface area (Å²) in [4.78, 5) is 0. The summed E-state index contributed by atoms with van der Waals surface area (Å²) in [6.45, 7) is -0.140. The first-order valence-corrected chi connectivity index (χ1v) is 4.80. The molecular weight excluding hydrogens is 201 g/mol. The van der Waals surface area contributed by atoms with Crippen LogP contribution in [0.1, 0.15) is 11.1 Å². The molecule has 0 bridgehead atoms. The lowest BCUT2D eigenvalue weighted by Gasteiger charge is -1.98. The number of nitriles is 1. The summed E-state index contributed by atoms with van der Waals surface area (Å²) in [7, 11) is 0. The topological polar surface area (TPSA) is 44.0 Å². The monoisotopic (exact) mass is 207 g/mol. The zero-order chi connectivity index (χ0) is 10.1. The third kappa shape index (κ3) is 1.27. The number of fused-ring (bicyclic) bond motifs is 1. The molecule has 0 fully saturated rings. The number of benzene rings is 1. The van der Waals surface area contributed by atoms with Crippen LogP contribution in [0.5, 0.6) is 0 Å². The maximum absolute atomic E-state index is 13.0. The Kier molecular flexibility index (Phi) is 2.20. The van der Waals surface area contributed by atoms with Crippen LogP contribution in [-0.2, 0) is 6.61 Å². The highest BCUT2D eigenvalue weighted by molar-refractivity contribution is 7.17. The number of rotatable bonds is 1. The molecule has 2 nitrogen and oxygen atoms in total. The lowest BCUT2D eigenvalue weighted by Crippen LogP contribution is -1.84. The molecule has 2 aromatic rings. The molecule has 70 valence electrons. The number of hydrogen-bond donors (Lipinski definition) is 1. The molecule has 0 radical (unpaired) electrons. The van der Waals surface area contributed by atoms with Gasteiger partial charge in [0.15, 0.2) is 5.13 Å². The molecule has 1 aromatic heterocycles. The maximum Gasteiger partial charge on any atom is 0.177 e. The van der Waals surface area contributed by atoms with Crippen molar-refractivity contribution in [1.82, 2.24) is 0 Å². The van der Waals surface area contributed by atoms with Gasteiger partial charge >= 0.3 is 0 Å².